The molecule has 0 fully saturated rings. The van der Waals surface area contributed by atoms with Crippen LogP contribution in [-0.4, -0.2) is 28.7 Å². The van der Waals surface area contributed by atoms with E-state index in [0.717, 1.165) is 143 Å². The average molecular weight is 1310 g/mol. The molecule has 0 spiro atoms. The smallest absolute Gasteiger partial charge is 0.145 e. The number of rotatable bonds is 8. The molecule has 0 aliphatic heterocycles. The Labute approximate surface area is 582 Å². The number of benzene rings is 13. The van der Waals surface area contributed by atoms with Gasteiger partial charge in [0.25, 0.3) is 0 Å². The summed E-state index contributed by atoms with van der Waals surface area (Å²) in [5.74, 6) is 0. The fraction of sp³-hybridized carbons (Fsp3) is 0. The largest absolute Gasteiger partial charge is 0.456 e. The Bertz CT molecular complexity index is 7020. The zero-order valence-electron chi connectivity index (χ0n) is 54.7. The van der Waals surface area contributed by atoms with Crippen molar-refractivity contribution in [3.63, 3.8) is 0 Å². The average Bonchev–Trinajstić information content (AvgIpc) is 1.59. The summed E-state index contributed by atoms with van der Waals surface area (Å²) in [6.07, 6.45) is 9.41. The van der Waals surface area contributed by atoms with Gasteiger partial charge in [-0.05, 0) is 207 Å². The number of hydrogen-bond donors (Lipinski definition) is 0. The summed E-state index contributed by atoms with van der Waals surface area (Å²) in [4.78, 5) is 13.7. The Kier molecular flexibility index (Phi) is 12.8. The third kappa shape index (κ3) is 9.22. The summed E-state index contributed by atoms with van der Waals surface area (Å²) in [6.45, 7) is 0. The van der Waals surface area contributed by atoms with E-state index in [2.05, 4.69) is 315 Å². The lowest BCUT2D eigenvalue weighted by atomic mass is 9.95. The zero-order chi connectivity index (χ0) is 66.9. The third-order valence-corrected chi connectivity index (χ3v) is 20.5. The van der Waals surface area contributed by atoms with Crippen LogP contribution < -0.4 is 0 Å². The molecule has 9 heteroatoms. The van der Waals surface area contributed by atoms with Crippen LogP contribution in [0.25, 0.3) is 204 Å². The molecule has 22 aromatic rings. The summed E-state index contributed by atoms with van der Waals surface area (Å²) in [6, 6.07) is 110. The SMILES string of the molecule is c1cc(-c2cccc(-c3ccc4oc5ccc(-n6c7ccccc7c7cccnc76)cc5c4c3)c2)cc(-c2ccc3oc4ccccc4c3c2)c1.c1cc(-c2cccc(-n3c4ccccc4c4ccccc43)c2)cc(-c2ccc3oc4ccc(-n5c6cnccc6c6ccncc65)cc4c3c2)c1. The van der Waals surface area contributed by atoms with Crippen molar-refractivity contribution in [1.82, 2.24) is 28.7 Å². The summed E-state index contributed by atoms with van der Waals surface area (Å²) in [5, 5.41) is 13.8. The highest BCUT2D eigenvalue weighted by atomic mass is 16.3. The van der Waals surface area contributed by atoms with Crippen molar-refractivity contribution in [2.75, 3.05) is 0 Å². The van der Waals surface area contributed by atoms with Crippen LogP contribution in [0.3, 0.4) is 0 Å². The van der Waals surface area contributed by atoms with Gasteiger partial charge in [-0.2, -0.15) is 0 Å². The molecule has 0 saturated carbocycles. The van der Waals surface area contributed by atoms with Crippen LogP contribution in [0.4, 0.5) is 0 Å². The minimum absolute atomic E-state index is 0.860. The van der Waals surface area contributed by atoms with Gasteiger partial charge in [-0.3, -0.25) is 14.5 Å². The summed E-state index contributed by atoms with van der Waals surface area (Å²) in [5.41, 5.74) is 26.7. The van der Waals surface area contributed by atoms with E-state index in [4.69, 9.17) is 18.2 Å². The van der Waals surface area contributed by atoms with Gasteiger partial charge in [0.1, 0.15) is 39.1 Å². The normalized spacial score (nSPS) is 11.9. The highest BCUT2D eigenvalue weighted by Crippen LogP contribution is 2.42. The molecule has 0 amide bonds. The Morgan fingerprint density at radius 3 is 1.03 bits per heavy atom. The molecule has 9 aromatic heterocycles. The summed E-state index contributed by atoms with van der Waals surface area (Å²) < 4.78 is 25.7. The van der Waals surface area contributed by atoms with Crippen LogP contribution in [0.15, 0.2) is 354 Å². The van der Waals surface area contributed by atoms with E-state index in [1.165, 1.54) is 60.6 Å². The quantitative estimate of drug-likeness (QED) is 0.150. The maximum atomic E-state index is 6.36. The van der Waals surface area contributed by atoms with Gasteiger partial charge in [0.05, 0.1) is 40.0 Å². The number of hydrogen-bond acceptors (Lipinski definition) is 6. The van der Waals surface area contributed by atoms with E-state index in [9.17, 15) is 0 Å². The lowest BCUT2D eigenvalue weighted by molar-refractivity contribution is 0.668. The highest BCUT2D eigenvalue weighted by molar-refractivity contribution is 6.14. The monoisotopic (exact) mass is 1300 g/mol. The van der Waals surface area contributed by atoms with E-state index in [-0.39, 0.29) is 0 Å². The molecule has 0 N–H and O–H groups in total. The van der Waals surface area contributed by atoms with Gasteiger partial charge in [0.2, 0.25) is 0 Å². The van der Waals surface area contributed by atoms with Crippen molar-refractivity contribution in [3.05, 3.63) is 340 Å². The van der Waals surface area contributed by atoms with Crippen LogP contribution in [0.2, 0.25) is 0 Å². The molecule has 9 heterocycles. The highest BCUT2D eigenvalue weighted by Gasteiger charge is 2.20. The number of para-hydroxylation sites is 4. The molecular formula is C93H56N6O3. The second-order valence-corrected chi connectivity index (χ2v) is 26.3. The molecule has 0 saturated heterocycles. The third-order valence-electron chi connectivity index (χ3n) is 20.5. The molecule has 0 radical (unpaired) electrons. The van der Waals surface area contributed by atoms with Crippen LogP contribution in [0, 0.1) is 0 Å². The van der Waals surface area contributed by atoms with Gasteiger partial charge < -0.3 is 22.4 Å². The van der Waals surface area contributed by atoms with Crippen LogP contribution >= 0.6 is 0 Å². The molecule has 0 aliphatic carbocycles. The van der Waals surface area contributed by atoms with Crippen LogP contribution in [0.5, 0.6) is 0 Å². The second-order valence-electron chi connectivity index (χ2n) is 26.3. The first-order valence-corrected chi connectivity index (χ1v) is 34.3. The molecule has 0 aliphatic rings. The van der Waals surface area contributed by atoms with Gasteiger partial charge in [0, 0.05) is 100 Å². The summed E-state index contributed by atoms with van der Waals surface area (Å²) >= 11 is 0. The van der Waals surface area contributed by atoms with Crippen molar-refractivity contribution in [2.45, 2.75) is 0 Å². The van der Waals surface area contributed by atoms with Gasteiger partial charge in [-0.15, -0.1) is 0 Å². The van der Waals surface area contributed by atoms with E-state index >= 15 is 0 Å². The maximum absolute atomic E-state index is 6.36. The Hall–Kier alpha value is -13.9. The van der Waals surface area contributed by atoms with Crippen molar-refractivity contribution in [2.24, 2.45) is 0 Å². The van der Waals surface area contributed by atoms with Crippen molar-refractivity contribution >= 4 is 131 Å². The maximum Gasteiger partial charge on any atom is 0.145 e. The van der Waals surface area contributed by atoms with Crippen molar-refractivity contribution in [3.8, 4) is 72.7 Å². The number of furan rings is 3. The number of fused-ring (bicyclic) bond motifs is 18. The topological polar surface area (TPSA) is 92.9 Å². The molecule has 0 atom stereocenters. The van der Waals surface area contributed by atoms with E-state index in [1.54, 1.807) is 0 Å². The van der Waals surface area contributed by atoms with Crippen molar-refractivity contribution < 1.29 is 13.3 Å². The first-order chi connectivity index (χ1) is 50.5. The predicted octanol–water partition coefficient (Wildman–Crippen LogP) is 24.9. The first-order valence-electron chi connectivity index (χ1n) is 34.3. The van der Waals surface area contributed by atoms with E-state index in [1.807, 2.05) is 49.2 Å². The Morgan fingerprint density at radius 1 is 0.196 bits per heavy atom. The number of aromatic nitrogens is 6. The van der Waals surface area contributed by atoms with Gasteiger partial charge in [-0.1, -0.05) is 158 Å². The van der Waals surface area contributed by atoms with Crippen molar-refractivity contribution in [1.29, 1.82) is 0 Å². The van der Waals surface area contributed by atoms with Gasteiger partial charge in [-0.25, -0.2) is 4.98 Å². The van der Waals surface area contributed by atoms with E-state index < -0.39 is 0 Å². The number of pyridine rings is 3. The standard InChI is InChI=1S/C47H28N2O2.C46H28N4O/c1-3-15-42-36(12-1)38-14-7-23-48-47(38)49(42)35-19-22-46-41(28-35)40-27-34(18-21-45(40)51-46)32-11-6-9-30(25-32)29-8-5-10-31(24-29)33-17-20-44-39(26-33)37-13-2-4-16-43(37)50-44;1-3-13-41-35(11-1)36-12-2-4-14-42(36)49(41)33-10-6-9-31(24-33)29-7-5-8-30(23-29)32-15-17-45-39(25-32)40-26-34(16-18-46(40)51-45)50-43-27-47-21-19-37(43)38-20-22-48-28-44(38)50/h2*1-28H. The van der Waals surface area contributed by atoms with E-state index in [0.29, 0.717) is 0 Å². The zero-order valence-corrected chi connectivity index (χ0v) is 54.7. The molecule has 0 unspecified atom stereocenters. The van der Waals surface area contributed by atoms with Crippen LogP contribution in [-0.2, 0) is 0 Å². The Balaban J connectivity index is 0.000000133. The number of nitrogens with zero attached hydrogens (tertiary/aromatic N) is 6. The van der Waals surface area contributed by atoms with Gasteiger partial charge >= 0.3 is 0 Å². The molecule has 13 aromatic carbocycles. The Morgan fingerprint density at radius 2 is 0.529 bits per heavy atom. The molecule has 0 bridgehead atoms. The second kappa shape index (κ2) is 22.9. The molecule has 9 nitrogen and oxygen atoms in total. The molecule has 102 heavy (non-hydrogen) atoms. The molecular weight excluding hydrogens is 1250 g/mol. The fourth-order valence-electron chi connectivity index (χ4n) is 15.8. The fourth-order valence-corrected chi connectivity index (χ4v) is 15.8. The van der Waals surface area contributed by atoms with Crippen LogP contribution in [0.1, 0.15) is 0 Å². The minimum atomic E-state index is 0.860. The molecule has 22 rings (SSSR count). The lowest BCUT2D eigenvalue weighted by Gasteiger charge is -2.11. The first kappa shape index (κ1) is 57.2. The van der Waals surface area contributed by atoms with Gasteiger partial charge in [0.15, 0.2) is 0 Å². The molecule has 476 valence electrons. The lowest BCUT2D eigenvalue weighted by Crippen LogP contribution is -1.94. The minimum Gasteiger partial charge on any atom is -0.456 e. The summed E-state index contributed by atoms with van der Waals surface area (Å²) in [7, 11) is 0. The predicted molar refractivity (Wildman–Crippen MR) is 418 cm³/mol.